The van der Waals surface area contributed by atoms with Crippen LogP contribution in [-0.2, 0) is 26.3 Å². The summed E-state index contributed by atoms with van der Waals surface area (Å²) in [4.78, 5) is 19.2. The van der Waals surface area contributed by atoms with E-state index in [1.54, 1.807) is 36.5 Å². The van der Waals surface area contributed by atoms with Crippen LogP contribution >= 0.6 is 0 Å². The molecule has 8 nitrogen and oxygen atoms in total. The Kier molecular flexibility index (Phi) is 10.6. The van der Waals surface area contributed by atoms with E-state index in [1.165, 1.54) is 24.4 Å². The normalized spacial score (nSPS) is 11.0. The second kappa shape index (κ2) is 12.0. The Morgan fingerprint density at radius 1 is 0.824 bits per heavy atom. The van der Waals surface area contributed by atoms with Gasteiger partial charge in [-0.2, -0.15) is 0 Å². The van der Waals surface area contributed by atoms with Crippen molar-refractivity contribution >= 4 is 56.2 Å². The fraction of sp³-hybridized carbons (Fsp3) is 0.136. The standard InChI is InChI=1S/C11H11NO3S.C11H9NO3S.B.Na.H/c2*1-16(14,15)10-2-3-11-9(5-10)4-8(7-13)6-12-11;;;/h2-6,13H,7H2,1H3;2-7H,1H3;;;/q;;;+1;-1. The van der Waals surface area contributed by atoms with Crippen molar-refractivity contribution in [3.63, 3.8) is 0 Å². The van der Waals surface area contributed by atoms with Crippen LogP contribution in [0.15, 0.2) is 70.7 Å². The van der Waals surface area contributed by atoms with Gasteiger partial charge in [-0.25, -0.2) is 16.8 Å². The van der Waals surface area contributed by atoms with E-state index in [-0.39, 0.29) is 55.8 Å². The van der Waals surface area contributed by atoms with Gasteiger partial charge in [0.2, 0.25) is 0 Å². The molecule has 0 spiro atoms. The average molecular weight is 507 g/mol. The Morgan fingerprint density at radius 3 is 1.74 bits per heavy atom. The number of benzene rings is 2. The van der Waals surface area contributed by atoms with Crippen LogP contribution in [0.2, 0.25) is 0 Å². The number of aliphatic hydroxyl groups is 1. The summed E-state index contributed by atoms with van der Waals surface area (Å²) in [6.07, 6.45) is 6.01. The minimum absolute atomic E-state index is 0. The number of carbonyl (C=O) groups excluding carboxylic acids is 1. The predicted octanol–water partition coefficient (Wildman–Crippen LogP) is -0.683. The summed E-state index contributed by atoms with van der Waals surface area (Å²) >= 11 is 0. The van der Waals surface area contributed by atoms with E-state index < -0.39 is 19.7 Å². The van der Waals surface area contributed by atoms with Gasteiger partial charge in [0.1, 0.15) is 0 Å². The van der Waals surface area contributed by atoms with E-state index in [0.29, 0.717) is 33.8 Å². The molecule has 4 aromatic rings. The van der Waals surface area contributed by atoms with E-state index in [9.17, 15) is 21.6 Å². The van der Waals surface area contributed by atoms with E-state index in [1.807, 2.05) is 0 Å². The number of nitrogens with zero attached hydrogens (tertiary/aromatic N) is 2. The second-order valence-electron chi connectivity index (χ2n) is 7.14. The predicted molar refractivity (Wildman–Crippen MR) is 128 cm³/mol. The number of carbonyl (C=O) groups is 1. The van der Waals surface area contributed by atoms with Crippen LogP contribution in [0.5, 0.6) is 0 Å². The fourth-order valence-electron chi connectivity index (χ4n) is 2.89. The van der Waals surface area contributed by atoms with Gasteiger partial charge in [0.05, 0.1) is 27.4 Å². The minimum atomic E-state index is -3.23. The first-order valence-corrected chi connectivity index (χ1v) is 13.0. The Bertz CT molecular complexity index is 1550. The van der Waals surface area contributed by atoms with Crippen LogP contribution in [0.3, 0.4) is 0 Å². The van der Waals surface area contributed by atoms with E-state index >= 15 is 0 Å². The molecule has 3 radical (unpaired) electrons. The molecule has 0 aliphatic rings. The van der Waals surface area contributed by atoms with Crippen molar-refractivity contribution in [2.75, 3.05) is 12.5 Å². The first-order valence-electron chi connectivity index (χ1n) is 9.26. The van der Waals surface area contributed by atoms with Crippen LogP contribution < -0.4 is 29.6 Å². The van der Waals surface area contributed by atoms with Crippen molar-refractivity contribution < 1.29 is 57.7 Å². The molecule has 0 bridgehead atoms. The summed E-state index contributed by atoms with van der Waals surface area (Å²) in [6, 6.07) is 12.8. The Hall–Kier alpha value is -2.15. The van der Waals surface area contributed by atoms with Gasteiger partial charge in [-0.3, -0.25) is 14.8 Å². The number of rotatable bonds is 4. The zero-order valence-corrected chi connectivity index (χ0v) is 22.5. The summed E-state index contributed by atoms with van der Waals surface area (Å²) in [5, 5.41) is 10.3. The molecule has 2 heterocycles. The quantitative estimate of drug-likeness (QED) is 0.284. The van der Waals surface area contributed by atoms with Gasteiger partial charge >= 0.3 is 29.6 Å². The molecule has 0 amide bonds. The molecule has 0 saturated heterocycles. The van der Waals surface area contributed by atoms with Crippen molar-refractivity contribution in [3.05, 3.63) is 72.1 Å². The largest absolute Gasteiger partial charge is 1.00 e. The number of aldehydes is 1. The molecule has 4 rings (SSSR count). The molecule has 0 saturated carbocycles. The van der Waals surface area contributed by atoms with Crippen LogP contribution in [-0.4, -0.2) is 59.1 Å². The summed E-state index contributed by atoms with van der Waals surface area (Å²) in [5.74, 6) is 0. The summed E-state index contributed by atoms with van der Waals surface area (Å²) in [7, 11) is -6.43. The second-order valence-corrected chi connectivity index (χ2v) is 11.2. The molecule has 12 heteroatoms. The number of fused-ring (bicyclic) bond motifs is 2. The van der Waals surface area contributed by atoms with Gasteiger partial charge in [0, 0.05) is 49.7 Å². The molecule has 0 fully saturated rings. The molecule has 171 valence electrons. The van der Waals surface area contributed by atoms with Crippen molar-refractivity contribution in [1.82, 2.24) is 9.97 Å². The van der Waals surface area contributed by atoms with Gasteiger partial charge in [0.25, 0.3) is 0 Å². The maximum atomic E-state index is 11.4. The first kappa shape index (κ1) is 29.9. The number of pyridine rings is 2. The van der Waals surface area contributed by atoms with Gasteiger partial charge in [-0.15, -0.1) is 0 Å². The van der Waals surface area contributed by atoms with E-state index in [4.69, 9.17) is 5.11 Å². The zero-order chi connectivity index (χ0) is 23.5. The maximum Gasteiger partial charge on any atom is 1.00 e. The molecule has 0 atom stereocenters. The molecule has 0 aliphatic heterocycles. The first-order chi connectivity index (χ1) is 15.0. The number of hydrogen-bond donors (Lipinski definition) is 1. The van der Waals surface area contributed by atoms with Gasteiger partial charge in [-0.1, -0.05) is 0 Å². The summed E-state index contributed by atoms with van der Waals surface area (Å²) < 4.78 is 45.4. The van der Waals surface area contributed by atoms with E-state index in [0.717, 1.165) is 17.9 Å². The monoisotopic (exact) mass is 507 g/mol. The van der Waals surface area contributed by atoms with Crippen LogP contribution in [0.25, 0.3) is 21.8 Å². The Balaban J connectivity index is 0.000000608. The Labute approximate surface area is 223 Å². The van der Waals surface area contributed by atoms with Gasteiger partial charge in [0.15, 0.2) is 26.0 Å². The number of aromatic nitrogens is 2. The Morgan fingerprint density at radius 2 is 1.29 bits per heavy atom. The van der Waals surface area contributed by atoms with E-state index in [2.05, 4.69) is 9.97 Å². The van der Waals surface area contributed by atoms with Gasteiger partial charge in [-0.05, 0) is 54.1 Å². The van der Waals surface area contributed by atoms with Gasteiger partial charge < -0.3 is 6.53 Å². The molecule has 0 unspecified atom stereocenters. The van der Waals surface area contributed by atoms with Crippen molar-refractivity contribution in [2.24, 2.45) is 0 Å². The molecule has 2 aromatic carbocycles. The molecule has 1 N–H and O–H groups in total. The van der Waals surface area contributed by atoms with Crippen molar-refractivity contribution in [3.8, 4) is 0 Å². The SMILES string of the molecule is CS(=O)(=O)c1ccc2ncc(C=O)cc2c1.CS(=O)(=O)c1ccc2ncc(CO)cc2c1.[B].[H-].[Na+]. The van der Waals surface area contributed by atoms with Crippen LogP contribution in [0.1, 0.15) is 17.3 Å². The minimum Gasteiger partial charge on any atom is -1.00 e. The number of sulfone groups is 2. The molecular formula is C22H21BN2NaO6S2. The van der Waals surface area contributed by atoms with Crippen molar-refractivity contribution in [1.29, 1.82) is 0 Å². The maximum absolute atomic E-state index is 11.4. The molecule has 0 aliphatic carbocycles. The van der Waals surface area contributed by atoms with Crippen LogP contribution in [0, 0.1) is 0 Å². The number of aliphatic hydroxyl groups excluding tert-OH is 1. The third-order valence-electron chi connectivity index (χ3n) is 4.56. The average Bonchev–Trinajstić information content (AvgIpc) is 2.76. The topological polar surface area (TPSA) is 131 Å². The molecule has 34 heavy (non-hydrogen) atoms. The smallest absolute Gasteiger partial charge is 1.00 e. The third-order valence-corrected chi connectivity index (χ3v) is 6.78. The van der Waals surface area contributed by atoms with Crippen LogP contribution in [0.4, 0.5) is 0 Å². The molecule has 2 aromatic heterocycles. The zero-order valence-electron chi connectivity index (χ0n) is 19.8. The summed E-state index contributed by atoms with van der Waals surface area (Å²) in [6.45, 7) is -0.105. The number of hydrogen-bond acceptors (Lipinski definition) is 8. The summed E-state index contributed by atoms with van der Waals surface area (Å²) in [5.41, 5.74) is 2.47. The third kappa shape index (κ3) is 7.43. The fourth-order valence-corrected chi connectivity index (χ4v) is 4.21. The molecular weight excluding hydrogens is 486 g/mol. The van der Waals surface area contributed by atoms with Crippen molar-refractivity contribution in [2.45, 2.75) is 16.4 Å².